The van der Waals surface area contributed by atoms with Gasteiger partial charge in [0.1, 0.15) is 11.1 Å². The quantitative estimate of drug-likeness (QED) is 0.276. The first-order chi connectivity index (χ1) is 13.4. The Balaban J connectivity index is 1.99. The zero-order chi connectivity index (χ0) is 20.3. The van der Waals surface area contributed by atoms with Crippen LogP contribution in [0, 0.1) is 21.4 Å². The van der Waals surface area contributed by atoms with Gasteiger partial charge in [-0.05, 0) is 35.9 Å². The maximum atomic E-state index is 11.2. The Morgan fingerprint density at radius 2 is 2.11 bits per heavy atom. The number of benzene rings is 2. The van der Waals surface area contributed by atoms with E-state index in [9.17, 15) is 15.4 Å². The van der Waals surface area contributed by atoms with Crippen molar-refractivity contribution in [2.45, 2.75) is 0 Å². The molecule has 9 heteroatoms. The van der Waals surface area contributed by atoms with Crippen LogP contribution in [0.15, 0.2) is 41.8 Å². The molecule has 0 amide bonds. The lowest BCUT2D eigenvalue weighted by Gasteiger charge is -2.03. The highest BCUT2D eigenvalue weighted by Gasteiger charge is 2.16. The number of allylic oxidation sites excluding steroid dienone is 1. The highest BCUT2D eigenvalue weighted by Crippen LogP contribution is 2.34. The van der Waals surface area contributed by atoms with E-state index in [1.807, 2.05) is 0 Å². The van der Waals surface area contributed by atoms with Crippen molar-refractivity contribution in [1.82, 2.24) is 4.98 Å². The van der Waals surface area contributed by atoms with E-state index < -0.39 is 4.92 Å². The van der Waals surface area contributed by atoms with E-state index in [0.717, 1.165) is 0 Å². The highest BCUT2D eigenvalue weighted by molar-refractivity contribution is 7.11. The fourth-order valence-electron chi connectivity index (χ4n) is 2.47. The number of aromatic nitrogens is 1. The number of methoxy groups -OCH3 is 1. The van der Waals surface area contributed by atoms with Crippen molar-refractivity contribution in [2.24, 2.45) is 0 Å². The molecule has 1 aromatic heterocycles. The fraction of sp³-hybridized carbons (Fsp3) is 0.0526. The van der Waals surface area contributed by atoms with E-state index in [-0.39, 0.29) is 17.0 Å². The minimum absolute atomic E-state index is 0.148. The second-order valence-corrected chi connectivity index (χ2v) is 7.22. The van der Waals surface area contributed by atoms with Crippen molar-refractivity contribution in [3.8, 4) is 23.1 Å². The third-order valence-corrected chi connectivity index (χ3v) is 5.20. The van der Waals surface area contributed by atoms with Gasteiger partial charge >= 0.3 is 5.69 Å². The van der Waals surface area contributed by atoms with Crippen molar-refractivity contribution in [3.05, 3.63) is 72.5 Å². The van der Waals surface area contributed by atoms with Crippen LogP contribution < -0.4 is 4.74 Å². The lowest BCUT2D eigenvalue weighted by Crippen LogP contribution is -1.94. The number of halogens is 2. The van der Waals surface area contributed by atoms with E-state index in [4.69, 9.17) is 27.9 Å². The standard InChI is InChI=1S/C19H11Cl2N3O3S/c1-27-18-5-2-11(7-17(18)24(25)26)6-12(9-22)19-23-16(10-28-19)14-4-3-13(20)8-15(14)21/h2-8,10H,1H3/b12-6-. The zero-order valence-electron chi connectivity index (χ0n) is 14.3. The summed E-state index contributed by atoms with van der Waals surface area (Å²) in [5.74, 6) is 0.148. The van der Waals surface area contributed by atoms with E-state index in [1.54, 1.807) is 35.7 Å². The Kier molecular flexibility index (Phi) is 5.95. The van der Waals surface area contributed by atoms with Crippen molar-refractivity contribution in [3.63, 3.8) is 0 Å². The van der Waals surface area contributed by atoms with Gasteiger partial charge in [-0.3, -0.25) is 10.1 Å². The number of hydrogen-bond acceptors (Lipinski definition) is 6. The van der Waals surface area contributed by atoms with Crippen LogP contribution in [0.2, 0.25) is 10.0 Å². The van der Waals surface area contributed by atoms with Crippen molar-refractivity contribution < 1.29 is 9.66 Å². The Morgan fingerprint density at radius 1 is 1.32 bits per heavy atom. The van der Waals surface area contributed by atoms with Gasteiger partial charge in [-0.2, -0.15) is 5.26 Å². The monoisotopic (exact) mass is 431 g/mol. The van der Waals surface area contributed by atoms with Crippen LogP contribution in [0.4, 0.5) is 5.69 Å². The first-order valence-corrected chi connectivity index (χ1v) is 9.42. The Bertz CT molecular complexity index is 1140. The van der Waals surface area contributed by atoms with E-state index >= 15 is 0 Å². The largest absolute Gasteiger partial charge is 0.490 e. The smallest absolute Gasteiger partial charge is 0.311 e. The lowest BCUT2D eigenvalue weighted by atomic mass is 10.1. The molecule has 3 rings (SSSR count). The maximum Gasteiger partial charge on any atom is 0.311 e. The Morgan fingerprint density at radius 3 is 2.75 bits per heavy atom. The highest BCUT2D eigenvalue weighted by atomic mass is 35.5. The average Bonchev–Trinajstić information content (AvgIpc) is 3.15. The van der Waals surface area contributed by atoms with Crippen LogP contribution in [-0.2, 0) is 0 Å². The van der Waals surface area contributed by atoms with Gasteiger partial charge in [0.15, 0.2) is 5.75 Å². The van der Waals surface area contributed by atoms with Crippen LogP contribution >= 0.6 is 34.5 Å². The van der Waals surface area contributed by atoms with E-state index in [2.05, 4.69) is 11.1 Å². The summed E-state index contributed by atoms with van der Waals surface area (Å²) in [6.07, 6.45) is 1.54. The van der Waals surface area contributed by atoms with Crippen LogP contribution in [0.1, 0.15) is 10.6 Å². The van der Waals surface area contributed by atoms with Crippen LogP contribution in [-0.4, -0.2) is 17.0 Å². The summed E-state index contributed by atoms with van der Waals surface area (Å²) >= 11 is 13.4. The molecule has 0 atom stereocenters. The average molecular weight is 432 g/mol. The van der Waals surface area contributed by atoms with Crippen molar-refractivity contribution in [2.75, 3.05) is 7.11 Å². The number of ether oxygens (including phenoxy) is 1. The fourth-order valence-corrected chi connectivity index (χ4v) is 3.76. The number of nitrogens with zero attached hydrogens (tertiary/aromatic N) is 3. The molecule has 0 aliphatic carbocycles. The maximum absolute atomic E-state index is 11.2. The van der Waals surface area contributed by atoms with Gasteiger partial charge in [-0.1, -0.05) is 29.3 Å². The molecule has 140 valence electrons. The minimum atomic E-state index is -0.535. The molecule has 0 radical (unpaired) electrons. The molecule has 0 bridgehead atoms. The number of nitriles is 1. The number of hydrogen-bond donors (Lipinski definition) is 0. The SMILES string of the molecule is COc1ccc(/C=C(/C#N)c2nc(-c3ccc(Cl)cc3Cl)cs2)cc1[N+](=O)[O-]. The lowest BCUT2D eigenvalue weighted by molar-refractivity contribution is -0.385. The molecule has 0 spiro atoms. The Hall–Kier alpha value is -2.92. The molecule has 0 saturated heterocycles. The predicted octanol–water partition coefficient (Wildman–Crippen LogP) is 6.10. The molecular weight excluding hydrogens is 421 g/mol. The van der Waals surface area contributed by atoms with Gasteiger partial charge in [-0.25, -0.2) is 4.98 Å². The summed E-state index contributed by atoms with van der Waals surface area (Å²) in [4.78, 5) is 15.1. The summed E-state index contributed by atoms with van der Waals surface area (Å²) in [7, 11) is 1.36. The zero-order valence-corrected chi connectivity index (χ0v) is 16.7. The molecule has 3 aromatic rings. The second-order valence-electron chi connectivity index (χ2n) is 5.52. The minimum Gasteiger partial charge on any atom is -0.490 e. The normalized spacial score (nSPS) is 11.1. The third-order valence-electron chi connectivity index (χ3n) is 3.77. The van der Waals surface area contributed by atoms with Gasteiger partial charge < -0.3 is 4.74 Å². The summed E-state index contributed by atoms with van der Waals surface area (Å²) in [6, 6.07) is 11.6. The molecule has 0 saturated carbocycles. The Labute approximate surface area is 174 Å². The molecule has 6 nitrogen and oxygen atoms in total. The van der Waals surface area contributed by atoms with Crippen LogP contribution in [0.3, 0.4) is 0 Å². The number of rotatable bonds is 5. The molecule has 1 heterocycles. The second kappa shape index (κ2) is 8.40. The number of thiazole rings is 1. The summed E-state index contributed by atoms with van der Waals surface area (Å²) in [6.45, 7) is 0. The molecule has 0 aliphatic rings. The van der Waals surface area contributed by atoms with Gasteiger partial charge in [0.2, 0.25) is 0 Å². The van der Waals surface area contributed by atoms with Crippen LogP contribution in [0.25, 0.3) is 22.9 Å². The molecule has 28 heavy (non-hydrogen) atoms. The summed E-state index contributed by atoms with van der Waals surface area (Å²) < 4.78 is 4.99. The topological polar surface area (TPSA) is 89.0 Å². The number of nitro benzene ring substituents is 1. The van der Waals surface area contributed by atoms with Crippen molar-refractivity contribution in [1.29, 1.82) is 5.26 Å². The van der Waals surface area contributed by atoms with E-state index in [0.29, 0.717) is 31.9 Å². The molecule has 0 N–H and O–H groups in total. The summed E-state index contributed by atoms with van der Waals surface area (Å²) in [5, 5.41) is 23.9. The number of nitro groups is 1. The van der Waals surface area contributed by atoms with Gasteiger partial charge in [0.05, 0.1) is 28.3 Å². The molecule has 0 aliphatic heterocycles. The predicted molar refractivity (Wildman–Crippen MR) is 111 cm³/mol. The van der Waals surface area contributed by atoms with Gasteiger partial charge in [0.25, 0.3) is 0 Å². The molecule has 0 fully saturated rings. The molecular formula is C19H11Cl2N3O3S. The molecule has 2 aromatic carbocycles. The molecule has 0 unspecified atom stereocenters. The van der Waals surface area contributed by atoms with Crippen molar-refractivity contribution >= 4 is 51.9 Å². The summed E-state index contributed by atoms with van der Waals surface area (Å²) in [5.41, 5.74) is 1.90. The van der Waals surface area contributed by atoms with Gasteiger partial charge in [0, 0.05) is 22.0 Å². The first-order valence-electron chi connectivity index (χ1n) is 7.78. The van der Waals surface area contributed by atoms with E-state index in [1.165, 1.54) is 30.6 Å². The van der Waals surface area contributed by atoms with Gasteiger partial charge in [-0.15, -0.1) is 11.3 Å². The van der Waals surface area contributed by atoms with Crippen LogP contribution in [0.5, 0.6) is 5.75 Å². The first kappa shape index (κ1) is 19.8. The third kappa shape index (κ3) is 4.15.